The molecule has 0 saturated carbocycles. The zero-order valence-electron chi connectivity index (χ0n) is 17.1. The number of amides is 1. The maximum Gasteiger partial charge on any atom is 0.338 e. The summed E-state index contributed by atoms with van der Waals surface area (Å²) in [6.07, 6.45) is 0. The van der Waals surface area contributed by atoms with Crippen molar-refractivity contribution < 1.29 is 19.1 Å². The quantitative estimate of drug-likeness (QED) is 0.457. The van der Waals surface area contributed by atoms with E-state index < -0.39 is 11.9 Å². The van der Waals surface area contributed by atoms with Crippen LogP contribution < -0.4 is 10.1 Å². The summed E-state index contributed by atoms with van der Waals surface area (Å²) in [5.74, 6) is 0.460. The average molecular weight is 415 g/mol. The smallest absolute Gasteiger partial charge is 0.338 e. The number of hydrogen-bond donors (Lipinski definition) is 2. The van der Waals surface area contributed by atoms with E-state index in [0.717, 1.165) is 22.4 Å². The topological polar surface area (TPSA) is 93.3 Å². The van der Waals surface area contributed by atoms with E-state index in [-0.39, 0.29) is 6.61 Å². The van der Waals surface area contributed by atoms with Gasteiger partial charge in [-0.3, -0.25) is 4.79 Å². The third-order valence-electron chi connectivity index (χ3n) is 4.72. The Morgan fingerprint density at radius 1 is 1.03 bits per heavy atom. The Labute approximate surface area is 179 Å². The number of rotatable bonds is 6. The molecule has 31 heavy (non-hydrogen) atoms. The van der Waals surface area contributed by atoms with Crippen LogP contribution >= 0.6 is 0 Å². The first-order valence-corrected chi connectivity index (χ1v) is 9.69. The van der Waals surface area contributed by atoms with Crippen molar-refractivity contribution in [2.75, 3.05) is 19.0 Å². The van der Waals surface area contributed by atoms with Crippen molar-refractivity contribution in [2.45, 2.75) is 6.92 Å². The number of benzene rings is 3. The highest BCUT2D eigenvalue weighted by Crippen LogP contribution is 2.23. The molecule has 4 aromatic rings. The first kappa shape index (κ1) is 20.2. The van der Waals surface area contributed by atoms with Gasteiger partial charge in [-0.2, -0.15) is 0 Å². The first-order chi connectivity index (χ1) is 15.0. The molecule has 1 heterocycles. The van der Waals surface area contributed by atoms with Gasteiger partial charge in [-0.25, -0.2) is 9.78 Å². The summed E-state index contributed by atoms with van der Waals surface area (Å²) in [6, 6.07) is 19.9. The Kier molecular flexibility index (Phi) is 5.66. The number of ether oxygens (including phenoxy) is 2. The number of anilines is 1. The second-order valence-corrected chi connectivity index (χ2v) is 7.04. The summed E-state index contributed by atoms with van der Waals surface area (Å²) in [7, 11) is 1.61. The van der Waals surface area contributed by atoms with Gasteiger partial charge in [0.05, 0.1) is 23.7 Å². The van der Waals surface area contributed by atoms with E-state index in [0.29, 0.717) is 22.6 Å². The zero-order valence-corrected chi connectivity index (χ0v) is 17.1. The minimum absolute atomic E-state index is 0.334. The van der Waals surface area contributed by atoms with Crippen molar-refractivity contribution in [3.05, 3.63) is 77.9 Å². The molecule has 0 aliphatic rings. The molecule has 7 heteroatoms. The summed E-state index contributed by atoms with van der Waals surface area (Å²) >= 11 is 0. The second kappa shape index (κ2) is 8.71. The number of nitrogens with one attached hydrogen (secondary N) is 2. The van der Waals surface area contributed by atoms with E-state index in [4.69, 9.17) is 9.47 Å². The fourth-order valence-corrected chi connectivity index (χ4v) is 3.16. The SMILES string of the molecule is COc1ccc(-c2nc3ccc(C(=O)OCC(=O)Nc4cccc(C)c4)cc3[nH]2)cc1. The van der Waals surface area contributed by atoms with Crippen LogP contribution in [0.5, 0.6) is 5.75 Å². The molecule has 0 bridgehead atoms. The Morgan fingerprint density at radius 3 is 2.58 bits per heavy atom. The third-order valence-corrected chi connectivity index (χ3v) is 4.72. The second-order valence-electron chi connectivity index (χ2n) is 7.04. The minimum Gasteiger partial charge on any atom is -0.497 e. The molecule has 156 valence electrons. The highest BCUT2D eigenvalue weighted by Gasteiger charge is 2.13. The van der Waals surface area contributed by atoms with Gasteiger partial charge in [-0.15, -0.1) is 0 Å². The van der Waals surface area contributed by atoms with E-state index in [9.17, 15) is 9.59 Å². The van der Waals surface area contributed by atoms with Gasteiger partial charge in [0, 0.05) is 11.3 Å². The first-order valence-electron chi connectivity index (χ1n) is 9.69. The maximum absolute atomic E-state index is 12.4. The predicted molar refractivity (Wildman–Crippen MR) is 118 cm³/mol. The van der Waals surface area contributed by atoms with Crippen LogP contribution in [0.15, 0.2) is 66.7 Å². The average Bonchev–Trinajstić information content (AvgIpc) is 3.21. The van der Waals surface area contributed by atoms with Crippen molar-refractivity contribution in [3.8, 4) is 17.1 Å². The Bertz CT molecular complexity index is 1250. The molecule has 0 atom stereocenters. The van der Waals surface area contributed by atoms with Gasteiger partial charge in [-0.1, -0.05) is 12.1 Å². The summed E-state index contributed by atoms with van der Waals surface area (Å²) < 4.78 is 10.3. The van der Waals surface area contributed by atoms with E-state index in [1.165, 1.54) is 0 Å². The molecule has 3 aromatic carbocycles. The molecular weight excluding hydrogens is 394 g/mol. The van der Waals surface area contributed by atoms with Crippen LogP contribution in [0.25, 0.3) is 22.4 Å². The van der Waals surface area contributed by atoms with E-state index in [1.54, 1.807) is 31.4 Å². The number of esters is 1. The fourth-order valence-electron chi connectivity index (χ4n) is 3.16. The molecule has 0 aliphatic carbocycles. The zero-order chi connectivity index (χ0) is 21.8. The molecule has 1 aromatic heterocycles. The van der Waals surface area contributed by atoms with Crippen LogP contribution in [0.3, 0.4) is 0 Å². The number of nitrogens with zero attached hydrogens (tertiary/aromatic N) is 1. The van der Waals surface area contributed by atoms with Crippen molar-refractivity contribution in [3.63, 3.8) is 0 Å². The highest BCUT2D eigenvalue weighted by molar-refractivity contribution is 5.97. The number of aryl methyl sites for hydroxylation is 1. The number of fused-ring (bicyclic) bond motifs is 1. The molecule has 7 nitrogen and oxygen atoms in total. The summed E-state index contributed by atoms with van der Waals surface area (Å²) in [5.41, 5.74) is 4.33. The van der Waals surface area contributed by atoms with Crippen molar-refractivity contribution >= 4 is 28.6 Å². The van der Waals surface area contributed by atoms with E-state index >= 15 is 0 Å². The molecule has 4 rings (SSSR count). The number of carbonyl (C=O) groups is 2. The monoisotopic (exact) mass is 415 g/mol. The number of hydrogen-bond acceptors (Lipinski definition) is 5. The summed E-state index contributed by atoms with van der Waals surface area (Å²) in [6.45, 7) is 1.56. The molecule has 0 radical (unpaired) electrons. The van der Waals surface area contributed by atoms with Crippen LogP contribution in [-0.4, -0.2) is 35.6 Å². The van der Waals surface area contributed by atoms with Crippen molar-refractivity contribution in [2.24, 2.45) is 0 Å². The lowest BCUT2D eigenvalue weighted by Crippen LogP contribution is -2.20. The van der Waals surface area contributed by atoms with Crippen LogP contribution in [0.1, 0.15) is 15.9 Å². The number of H-pyrrole nitrogens is 1. The molecule has 0 saturated heterocycles. The van der Waals surface area contributed by atoms with Gasteiger partial charge in [0.2, 0.25) is 0 Å². The van der Waals surface area contributed by atoms with Crippen LogP contribution in [0.2, 0.25) is 0 Å². The van der Waals surface area contributed by atoms with Gasteiger partial charge in [0.25, 0.3) is 5.91 Å². The number of carbonyl (C=O) groups excluding carboxylic acids is 2. The standard InChI is InChI=1S/C24H21N3O4/c1-15-4-3-5-18(12-15)25-22(28)14-31-24(29)17-8-11-20-21(13-17)27-23(26-20)16-6-9-19(30-2)10-7-16/h3-13H,14H2,1-2H3,(H,25,28)(H,26,27). The van der Waals surface area contributed by atoms with Crippen LogP contribution in [0, 0.1) is 6.92 Å². The number of imidazole rings is 1. The predicted octanol–water partition coefficient (Wildman–Crippen LogP) is 4.34. The van der Waals surface area contributed by atoms with Gasteiger partial charge in [-0.05, 0) is 67.1 Å². The van der Waals surface area contributed by atoms with Gasteiger partial charge in [0.15, 0.2) is 6.61 Å². The fraction of sp³-hybridized carbons (Fsp3) is 0.125. The number of aromatic nitrogens is 2. The lowest BCUT2D eigenvalue weighted by Gasteiger charge is -2.07. The molecule has 0 aliphatic heterocycles. The molecular formula is C24H21N3O4. The van der Waals surface area contributed by atoms with Crippen LogP contribution in [0.4, 0.5) is 5.69 Å². The Balaban J connectivity index is 1.42. The Morgan fingerprint density at radius 2 is 1.84 bits per heavy atom. The Hall–Kier alpha value is -4.13. The van der Waals surface area contributed by atoms with Crippen molar-refractivity contribution in [1.29, 1.82) is 0 Å². The maximum atomic E-state index is 12.4. The molecule has 0 fully saturated rings. The highest BCUT2D eigenvalue weighted by atomic mass is 16.5. The summed E-state index contributed by atoms with van der Waals surface area (Å²) in [5, 5.41) is 2.71. The van der Waals surface area contributed by atoms with Crippen molar-refractivity contribution in [1.82, 2.24) is 9.97 Å². The molecule has 2 N–H and O–H groups in total. The van der Waals surface area contributed by atoms with Crippen LogP contribution in [-0.2, 0) is 9.53 Å². The van der Waals surface area contributed by atoms with Gasteiger partial charge in [0.1, 0.15) is 11.6 Å². The normalized spacial score (nSPS) is 10.6. The van der Waals surface area contributed by atoms with E-state index in [1.807, 2.05) is 49.4 Å². The molecule has 1 amide bonds. The minimum atomic E-state index is -0.582. The van der Waals surface area contributed by atoms with Gasteiger partial charge >= 0.3 is 5.97 Å². The third kappa shape index (κ3) is 4.72. The molecule has 0 spiro atoms. The lowest BCUT2D eigenvalue weighted by atomic mass is 10.2. The largest absolute Gasteiger partial charge is 0.497 e. The summed E-state index contributed by atoms with van der Waals surface area (Å²) in [4.78, 5) is 32.2. The number of methoxy groups -OCH3 is 1. The van der Waals surface area contributed by atoms with E-state index in [2.05, 4.69) is 15.3 Å². The number of aromatic amines is 1. The molecule has 0 unspecified atom stereocenters. The lowest BCUT2D eigenvalue weighted by molar-refractivity contribution is -0.119. The van der Waals surface area contributed by atoms with Gasteiger partial charge < -0.3 is 19.8 Å².